The van der Waals surface area contributed by atoms with E-state index in [0.29, 0.717) is 18.1 Å². The number of ketones is 1. The van der Waals surface area contributed by atoms with Crippen LogP contribution in [0.4, 0.5) is 5.13 Å². The molecule has 0 saturated carbocycles. The van der Waals surface area contributed by atoms with Crippen molar-refractivity contribution >= 4 is 38.2 Å². The largest absolute Gasteiger partial charge is 0.476 e. The predicted octanol–water partition coefficient (Wildman–Crippen LogP) is 0.395. The van der Waals surface area contributed by atoms with Gasteiger partial charge in [0.1, 0.15) is 4.88 Å². The van der Waals surface area contributed by atoms with E-state index in [1.165, 1.54) is 6.92 Å². The van der Waals surface area contributed by atoms with E-state index in [0.717, 1.165) is 17.6 Å². The first-order valence-electron chi connectivity index (χ1n) is 5.64. The lowest BCUT2D eigenvalue weighted by molar-refractivity contribution is 0.0687. The zero-order valence-corrected chi connectivity index (χ0v) is 12.6. The summed E-state index contributed by atoms with van der Waals surface area (Å²) in [5, 5.41) is 12.1. The Hall–Kier alpha value is -1.52. The molecule has 0 unspecified atom stereocenters. The lowest BCUT2D eigenvalue weighted by Gasteiger charge is -2.03. The SMILES string of the molecule is CC(=O)c1sc(NCCCNS(C)(=O)=O)nc1C(=O)O. The topological polar surface area (TPSA) is 125 Å². The molecule has 112 valence electrons. The average Bonchev–Trinajstić information content (AvgIpc) is 2.71. The summed E-state index contributed by atoms with van der Waals surface area (Å²) in [5.74, 6) is -1.61. The number of sulfonamides is 1. The molecule has 1 aromatic rings. The average molecular weight is 321 g/mol. The normalized spacial score (nSPS) is 11.3. The van der Waals surface area contributed by atoms with Gasteiger partial charge in [-0.1, -0.05) is 11.3 Å². The van der Waals surface area contributed by atoms with Crippen LogP contribution in [0.25, 0.3) is 0 Å². The van der Waals surface area contributed by atoms with Crippen LogP contribution in [-0.2, 0) is 10.0 Å². The van der Waals surface area contributed by atoms with Gasteiger partial charge in [0.2, 0.25) is 10.0 Å². The Labute approximate surface area is 120 Å². The number of carboxylic acid groups (broad SMARTS) is 1. The van der Waals surface area contributed by atoms with Crippen LogP contribution in [-0.4, -0.2) is 49.6 Å². The molecule has 0 spiro atoms. The van der Waals surface area contributed by atoms with Crippen molar-refractivity contribution in [1.82, 2.24) is 9.71 Å². The van der Waals surface area contributed by atoms with Crippen molar-refractivity contribution in [3.8, 4) is 0 Å². The van der Waals surface area contributed by atoms with Gasteiger partial charge in [0, 0.05) is 20.0 Å². The molecule has 0 aliphatic rings. The third-order valence-corrected chi connectivity index (χ3v) is 3.99. The molecule has 0 atom stereocenters. The predicted molar refractivity (Wildman–Crippen MR) is 75.0 cm³/mol. The van der Waals surface area contributed by atoms with Crippen molar-refractivity contribution in [3.05, 3.63) is 10.6 Å². The number of carbonyl (C=O) groups is 2. The molecule has 10 heteroatoms. The molecule has 1 heterocycles. The Kier molecular flexibility index (Phi) is 5.60. The highest BCUT2D eigenvalue weighted by Gasteiger charge is 2.20. The van der Waals surface area contributed by atoms with Gasteiger partial charge in [-0.15, -0.1) is 0 Å². The molecular formula is C10H15N3O5S2. The molecule has 0 amide bonds. The summed E-state index contributed by atoms with van der Waals surface area (Å²) in [6, 6.07) is 0. The maximum absolute atomic E-state index is 11.3. The van der Waals surface area contributed by atoms with E-state index in [9.17, 15) is 18.0 Å². The third kappa shape index (κ3) is 5.23. The fraction of sp³-hybridized carbons (Fsp3) is 0.500. The fourth-order valence-electron chi connectivity index (χ4n) is 1.32. The number of nitrogens with one attached hydrogen (secondary N) is 2. The minimum atomic E-state index is -3.21. The maximum Gasteiger partial charge on any atom is 0.356 e. The minimum Gasteiger partial charge on any atom is -0.476 e. The molecular weight excluding hydrogens is 306 g/mol. The van der Waals surface area contributed by atoms with Crippen molar-refractivity contribution < 1.29 is 23.1 Å². The molecule has 1 aromatic heterocycles. The molecule has 0 aliphatic heterocycles. The number of hydrogen-bond donors (Lipinski definition) is 3. The number of carboxylic acids is 1. The Morgan fingerprint density at radius 1 is 1.35 bits per heavy atom. The van der Waals surface area contributed by atoms with Gasteiger partial charge in [-0.3, -0.25) is 4.79 Å². The van der Waals surface area contributed by atoms with E-state index in [1.54, 1.807) is 0 Å². The summed E-state index contributed by atoms with van der Waals surface area (Å²) in [6.07, 6.45) is 1.57. The van der Waals surface area contributed by atoms with Crippen molar-refractivity contribution in [1.29, 1.82) is 0 Å². The smallest absolute Gasteiger partial charge is 0.356 e. The number of rotatable bonds is 8. The molecule has 0 aromatic carbocycles. The minimum absolute atomic E-state index is 0.0919. The highest BCUT2D eigenvalue weighted by Crippen LogP contribution is 2.23. The summed E-state index contributed by atoms with van der Waals surface area (Å²) in [6.45, 7) is 1.95. The van der Waals surface area contributed by atoms with E-state index in [1.807, 2.05) is 0 Å². The van der Waals surface area contributed by atoms with Crippen LogP contribution in [0.1, 0.15) is 33.5 Å². The molecule has 0 radical (unpaired) electrons. The van der Waals surface area contributed by atoms with Crippen LogP contribution in [0.5, 0.6) is 0 Å². The fourth-order valence-corrected chi connectivity index (χ4v) is 2.71. The lowest BCUT2D eigenvalue weighted by Crippen LogP contribution is -2.24. The monoisotopic (exact) mass is 321 g/mol. The standard InChI is InChI=1S/C10H15N3O5S2/c1-6(14)8-7(9(15)16)13-10(19-8)11-4-3-5-12-20(2,17)18/h12H,3-5H2,1-2H3,(H,11,13)(H,15,16). The Balaban J connectivity index is 2.55. The van der Waals surface area contributed by atoms with Crippen LogP contribution < -0.4 is 10.0 Å². The van der Waals surface area contributed by atoms with Gasteiger partial charge in [0.05, 0.1) is 6.26 Å². The van der Waals surface area contributed by atoms with E-state index < -0.39 is 16.0 Å². The van der Waals surface area contributed by atoms with E-state index in [2.05, 4.69) is 15.0 Å². The Morgan fingerprint density at radius 2 is 2.00 bits per heavy atom. The highest BCUT2D eigenvalue weighted by molar-refractivity contribution is 7.88. The first-order chi connectivity index (χ1) is 9.20. The van der Waals surface area contributed by atoms with Crippen LogP contribution in [0.3, 0.4) is 0 Å². The van der Waals surface area contributed by atoms with Crippen LogP contribution >= 0.6 is 11.3 Å². The van der Waals surface area contributed by atoms with Gasteiger partial charge >= 0.3 is 5.97 Å². The molecule has 0 fully saturated rings. The van der Waals surface area contributed by atoms with Crippen molar-refractivity contribution in [2.45, 2.75) is 13.3 Å². The van der Waals surface area contributed by atoms with Gasteiger partial charge in [0.25, 0.3) is 0 Å². The van der Waals surface area contributed by atoms with Crippen LogP contribution in [0, 0.1) is 0 Å². The van der Waals surface area contributed by atoms with Gasteiger partial charge < -0.3 is 10.4 Å². The number of aromatic nitrogens is 1. The Bertz CT molecular complexity index is 577. The number of hydrogen-bond acceptors (Lipinski definition) is 7. The summed E-state index contributed by atoms with van der Waals surface area (Å²) < 4.78 is 24.0. The summed E-state index contributed by atoms with van der Waals surface area (Å²) >= 11 is 0.968. The number of Topliss-reactive ketones (excluding diaryl/α,β-unsaturated/α-hetero) is 1. The molecule has 0 bridgehead atoms. The number of carbonyl (C=O) groups excluding carboxylic acids is 1. The molecule has 1 rings (SSSR count). The van der Waals surface area contributed by atoms with Crippen molar-refractivity contribution in [2.75, 3.05) is 24.7 Å². The number of nitrogens with zero attached hydrogens (tertiary/aromatic N) is 1. The maximum atomic E-state index is 11.3. The number of thiazole rings is 1. The Morgan fingerprint density at radius 3 is 2.45 bits per heavy atom. The van der Waals surface area contributed by atoms with Gasteiger partial charge in [-0.25, -0.2) is 22.9 Å². The first kappa shape index (κ1) is 16.5. The van der Waals surface area contributed by atoms with Crippen molar-refractivity contribution in [3.63, 3.8) is 0 Å². The lowest BCUT2D eigenvalue weighted by atomic mass is 10.3. The molecule has 0 saturated heterocycles. The van der Waals surface area contributed by atoms with Gasteiger partial charge in [-0.05, 0) is 6.42 Å². The number of anilines is 1. The molecule has 20 heavy (non-hydrogen) atoms. The summed E-state index contributed by atoms with van der Waals surface area (Å²) in [7, 11) is -3.21. The van der Waals surface area contributed by atoms with Crippen molar-refractivity contribution in [2.24, 2.45) is 0 Å². The molecule has 8 nitrogen and oxygen atoms in total. The van der Waals surface area contributed by atoms with E-state index in [4.69, 9.17) is 5.11 Å². The molecule has 3 N–H and O–H groups in total. The van der Waals surface area contributed by atoms with Crippen LogP contribution in [0.15, 0.2) is 0 Å². The first-order valence-corrected chi connectivity index (χ1v) is 8.35. The van der Waals surface area contributed by atoms with Gasteiger partial charge in [0.15, 0.2) is 16.6 Å². The second kappa shape index (κ2) is 6.77. The second-order valence-electron chi connectivity index (χ2n) is 4.00. The zero-order chi connectivity index (χ0) is 15.3. The highest BCUT2D eigenvalue weighted by atomic mass is 32.2. The quantitative estimate of drug-likeness (QED) is 0.467. The molecule has 0 aliphatic carbocycles. The zero-order valence-electron chi connectivity index (χ0n) is 11.0. The third-order valence-electron chi connectivity index (χ3n) is 2.14. The van der Waals surface area contributed by atoms with E-state index in [-0.39, 0.29) is 22.9 Å². The van der Waals surface area contributed by atoms with Crippen LogP contribution in [0.2, 0.25) is 0 Å². The number of aromatic carboxylic acids is 1. The van der Waals surface area contributed by atoms with Gasteiger partial charge in [-0.2, -0.15) is 0 Å². The summed E-state index contributed by atoms with van der Waals surface area (Å²) in [4.78, 5) is 26.1. The summed E-state index contributed by atoms with van der Waals surface area (Å²) in [5.41, 5.74) is -0.265. The van der Waals surface area contributed by atoms with E-state index >= 15 is 0 Å². The second-order valence-corrected chi connectivity index (χ2v) is 6.84.